The lowest BCUT2D eigenvalue weighted by atomic mass is 9.84. The van der Waals surface area contributed by atoms with Crippen LogP contribution in [0, 0.1) is 5.92 Å². The summed E-state index contributed by atoms with van der Waals surface area (Å²) >= 11 is 6.13. The van der Waals surface area contributed by atoms with E-state index in [0.29, 0.717) is 24.9 Å². The second-order valence-electron chi connectivity index (χ2n) is 7.90. The van der Waals surface area contributed by atoms with Gasteiger partial charge >= 0.3 is 18.3 Å². The number of carbonyl (C=O) groups is 1. The first kappa shape index (κ1) is 24.4. The molecule has 0 aliphatic carbocycles. The number of alkyl halides is 6. The number of nitrogens with zero attached hydrogens (tertiary/aromatic N) is 1. The van der Waals surface area contributed by atoms with Crippen molar-refractivity contribution >= 4 is 17.6 Å². The zero-order valence-electron chi connectivity index (χ0n) is 16.7. The Morgan fingerprint density at radius 1 is 1.00 bits per heavy atom. The van der Waals surface area contributed by atoms with Crippen molar-refractivity contribution in [2.45, 2.75) is 44.2 Å². The molecule has 1 saturated heterocycles. The van der Waals surface area contributed by atoms with Gasteiger partial charge in [0.1, 0.15) is 0 Å². The number of carboxylic acids is 1. The lowest BCUT2D eigenvalue weighted by Crippen LogP contribution is -2.37. The van der Waals surface area contributed by atoms with E-state index in [4.69, 9.17) is 16.7 Å². The summed E-state index contributed by atoms with van der Waals surface area (Å²) in [6.07, 6.45) is -8.27. The molecule has 2 aromatic rings. The maximum absolute atomic E-state index is 13.1. The third-order valence-electron chi connectivity index (χ3n) is 5.65. The van der Waals surface area contributed by atoms with E-state index in [9.17, 15) is 31.1 Å². The van der Waals surface area contributed by atoms with Crippen molar-refractivity contribution in [3.8, 4) is 0 Å². The highest BCUT2D eigenvalue weighted by Crippen LogP contribution is 2.39. The monoisotopic (exact) mass is 479 g/mol. The van der Waals surface area contributed by atoms with Crippen molar-refractivity contribution in [2.75, 3.05) is 6.54 Å². The highest BCUT2D eigenvalue weighted by molar-refractivity contribution is 6.31. The van der Waals surface area contributed by atoms with E-state index in [-0.39, 0.29) is 29.5 Å². The van der Waals surface area contributed by atoms with Gasteiger partial charge in [-0.05, 0) is 66.8 Å². The van der Waals surface area contributed by atoms with Crippen molar-refractivity contribution in [2.24, 2.45) is 5.92 Å². The third kappa shape index (κ3) is 5.95. The Labute approximate surface area is 185 Å². The van der Waals surface area contributed by atoms with Gasteiger partial charge in [0.2, 0.25) is 0 Å². The van der Waals surface area contributed by atoms with Gasteiger partial charge in [0.05, 0.1) is 11.1 Å². The Morgan fingerprint density at radius 2 is 1.59 bits per heavy atom. The van der Waals surface area contributed by atoms with Gasteiger partial charge in [-0.1, -0.05) is 23.7 Å². The van der Waals surface area contributed by atoms with Crippen molar-refractivity contribution in [1.82, 2.24) is 4.90 Å². The lowest BCUT2D eigenvalue weighted by Gasteiger charge is -2.40. The van der Waals surface area contributed by atoms with Gasteiger partial charge < -0.3 is 5.11 Å². The highest BCUT2D eigenvalue weighted by atomic mass is 35.5. The van der Waals surface area contributed by atoms with Crippen molar-refractivity contribution < 1.29 is 36.2 Å². The van der Waals surface area contributed by atoms with E-state index in [1.54, 1.807) is 0 Å². The average molecular weight is 480 g/mol. The fourth-order valence-electron chi connectivity index (χ4n) is 4.04. The summed E-state index contributed by atoms with van der Waals surface area (Å²) < 4.78 is 78.2. The molecule has 0 saturated carbocycles. The molecule has 32 heavy (non-hydrogen) atoms. The Kier molecular flexibility index (Phi) is 7.09. The Morgan fingerprint density at radius 3 is 2.16 bits per heavy atom. The normalized spacial score (nSPS) is 20.3. The van der Waals surface area contributed by atoms with Gasteiger partial charge in [0.25, 0.3) is 0 Å². The molecule has 2 atom stereocenters. The molecule has 0 bridgehead atoms. The van der Waals surface area contributed by atoms with Crippen LogP contribution in [0.1, 0.15) is 47.6 Å². The number of benzene rings is 2. The SMILES string of the molecule is O=C(O)C[C@H]1CCN(Cc2cc(C(F)(F)F)ccc2Cl)[C@@H](c2ccc(C(F)(F)F)cc2)C1. The van der Waals surface area contributed by atoms with Gasteiger partial charge in [0, 0.05) is 24.0 Å². The minimum Gasteiger partial charge on any atom is -0.481 e. The topological polar surface area (TPSA) is 40.5 Å². The standard InChI is InChI=1S/C22H20ClF6NO2/c23-18-6-5-17(22(27,28)29)11-15(18)12-30-8-7-13(10-20(31)32)9-19(30)14-1-3-16(4-2-14)21(24,25)26/h1-6,11,13,19H,7-10,12H2,(H,31,32)/t13-,19+/m0/s1. The van der Waals surface area contributed by atoms with Gasteiger partial charge in [-0.3, -0.25) is 9.69 Å². The molecule has 0 unspecified atom stereocenters. The molecule has 0 aromatic heterocycles. The van der Waals surface area contributed by atoms with Crippen LogP contribution >= 0.6 is 11.6 Å². The van der Waals surface area contributed by atoms with E-state index >= 15 is 0 Å². The summed E-state index contributed by atoms with van der Waals surface area (Å²) in [5, 5.41) is 9.28. The second-order valence-corrected chi connectivity index (χ2v) is 8.31. The number of hydrogen-bond acceptors (Lipinski definition) is 2. The molecular formula is C22H20ClF6NO2. The van der Waals surface area contributed by atoms with Crippen LogP contribution in [-0.4, -0.2) is 22.5 Å². The maximum atomic E-state index is 13.1. The van der Waals surface area contributed by atoms with Gasteiger partial charge in [0.15, 0.2) is 0 Å². The third-order valence-corrected chi connectivity index (χ3v) is 6.02. The summed E-state index contributed by atoms with van der Waals surface area (Å²) in [4.78, 5) is 13.0. The zero-order chi connectivity index (χ0) is 23.7. The van der Waals surface area contributed by atoms with Crippen molar-refractivity contribution in [3.63, 3.8) is 0 Å². The van der Waals surface area contributed by atoms with Crippen LogP contribution in [0.3, 0.4) is 0 Å². The second kappa shape index (κ2) is 9.31. The summed E-state index contributed by atoms with van der Waals surface area (Å²) in [6.45, 7) is 0.421. The van der Waals surface area contributed by atoms with Gasteiger partial charge in [-0.15, -0.1) is 0 Å². The number of aliphatic carboxylic acids is 1. The van der Waals surface area contributed by atoms with E-state index in [1.807, 2.05) is 4.90 Å². The molecule has 1 heterocycles. The van der Waals surface area contributed by atoms with E-state index in [1.165, 1.54) is 18.2 Å². The predicted molar refractivity (Wildman–Crippen MR) is 106 cm³/mol. The first-order chi connectivity index (χ1) is 14.8. The summed E-state index contributed by atoms with van der Waals surface area (Å²) in [7, 11) is 0. The van der Waals surface area contributed by atoms with Crippen LogP contribution in [-0.2, 0) is 23.7 Å². The van der Waals surface area contributed by atoms with E-state index in [0.717, 1.165) is 24.3 Å². The predicted octanol–water partition coefficient (Wildman–Crippen LogP) is 6.81. The fourth-order valence-corrected chi connectivity index (χ4v) is 4.22. The average Bonchev–Trinajstić information content (AvgIpc) is 2.69. The van der Waals surface area contributed by atoms with E-state index in [2.05, 4.69) is 0 Å². The lowest BCUT2D eigenvalue weighted by molar-refractivity contribution is -0.139. The van der Waals surface area contributed by atoms with Crippen LogP contribution in [0.25, 0.3) is 0 Å². The molecule has 1 aliphatic heterocycles. The Hall–Kier alpha value is -2.26. The minimum atomic E-state index is -4.54. The van der Waals surface area contributed by atoms with Crippen LogP contribution < -0.4 is 0 Å². The molecule has 0 radical (unpaired) electrons. The smallest absolute Gasteiger partial charge is 0.416 e. The first-order valence-electron chi connectivity index (χ1n) is 9.83. The van der Waals surface area contributed by atoms with Crippen LogP contribution in [0.15, 0.2) is 42.5 Å². The molecule has 3 rings (SSSR count). The minimum absolute atomic E-state index is 0.0498. The zero-order valence-corrected chi connectivity index (χ0v) is 17.4. The molecule has 3 nitrogen and oxygen atoms in total. The van der Waals surface area contributed by atoms with Crippen molar-refractivity contribution in [1.29, 1.82) is 0 Å². The van der Waals surface area contributed by atoms with Gasteiger partial charge in [-0.25, -0.2) is 0 Å². The van der Waals surface area contributed by atoms with Crippen LogP contribution in [0.2, 0.25) is 5.02 Å². The maximum Gasteiger partial charge on any atom is 0.416 e. The Balaban J connectivity index is 1.90. The molecule has 2 aromatic carbocycles. The number of piperidine rings is 1. The van der Waals surface area contributed by atoms with Crippen LogP contribution in [0.5, 0.6) is 0 Å². The number of carboxylic acid groups (broad SMARTS) is 1. The number of hydrogen-bond donors (Lipinski definition) is 1. The quantitative estimate of drug-likeness (QED) is 0.479. The largest absolute Gasteiger partial charge is 0.481 e. The van der Waals surface area contributed by atoms with Gasteiger partial charge in [-0.2, -0.15) is 26.3 Å². The molecule has 1 aliphatic rings. The van der Waals surface area contributed by atoms with Crippen LogP contribution in [0.4, 0.5) is 26.3 Å². The molecular weight excluding hydrogens is 460 g/mol. The Bertz CT molecular complexity index is 958. The molecule has 1 N–H and O–H groups in total. The summed E-state index contributed by atoms with van der Waals surface area (Å²) in [5.41, 5.74) is -0.873. The molecule has 174 valence electrons. The number of halogens is 7. The number of rotatable bonds is 5. The molecule has 0 spiro atoms. The fraction of sp³-hybridized carbons (Fsp3) is 0.409. The first-order valence-corrected chi connectivity index (χ1v) is 10.2. The molecule has 10 heteroatoms. The number of likely N-dealkylation sites (tertiary alicyclic amines) is 1. The van der Waals surface area contributed by atoms with Crippen molar-refractivity contribution in [3.05, 3.63) is 69.7 Å². The summed E-state index contributed by atoms with van der Waals surface area (Å²) in [6, 6.07) is 7.13. The summed E-state index contributed by atoms with van der Waals surface area (Å²) in [5.74, 6) is -1.18. The highest BCUT2D eigenvalue weighted by Gasteiger charge is 2.35. The van der Waals surface area contributed by atoms with E-state index < -0.39 is 35.5 Å². The molecule has 1 fully saturated rings. The molecule has 0 amide bonds.